The van der Waals surface area contributed by atoms with Crippen molar-refractivity contribution in [3.8, 4) is 0 Å². The van der Waals surface area contributed by atoms with E-state index in [1.807, 2.05) is 6.92 Å². The molecule has 1 aliphatic rings. The van der Waals surface area contributed by atoms with E-state index in [0.29, 0.717) is 23.6 Å². The number of nitrogens with two attached hydrogens (primary N) is 5. The van der Waals surface area contributed by atoms with Crippen molar-refractivity contribution >= 4 is 47.4 Å². The Kier molecular flexibility index (Phi) is 12.4. The molecule has 0 aromatic heterocycles. The number of allylic oxidation sites excluding steroid dienone is 1. The largest absolute Gasteiger partial charge is 0.496 e. The molecule has 2 aromatic rings. The fourth-order valence-electron chi connectivity index (χ4n) is 2.90. The highest BCUT2D eigenvalue weighted by Crippen LogP contribution is 2.22. The van der Waals surface area contributed by atoms with E-state index in [0.717, 1.165) is 11.6 Å². The number of benzene rings is 2. The number of hydrogen-bond acceptors (Lipinski definition) is 12. The summed E-state index contributed by atoms with van der Waals surface area (Å²) in [7, 11) is -12.3. The second kappa shape index (κ2) is 14.3. The lowest BCUT2D eigenvalue weighted by Crippen LogP contribution is -2.27. The van der Waals surface area contributed by atoms with Crippen molar-refractivity contribution in [3.05, 3.63) is 65.6 Å². The number of nitrogen functional groups attached to an aromatic ring is 3. The second-order valence-corrected chi connectivity index (χ2v) is 12.8. The van der Waals surface area contributed by atoms with Crippen molar-refractivity contribution in [2.75, 3.05) is 29.6 Å². The monoisotopic (exact) mass is 623 g/mol. The minimum absolute atomic E-state index is 0.0216. The maximum Gasteiger partial charge on any atom is 0.296 e. The molecule has 1 atom stereocenters. The van der Waals surface area contributed by atoms with Crippen LogP contribution in [0.15, 0.2) is 75.4 Å². The second-order valence-electron chi connectivity index (χ2n) is 8.38. The highest BCUT2D eigenvalue weighted by Gasteiger charge is 2.17. The normalized spacial score (nSPS) is 15.6. The van der Waals surface area contributed by atoms with Crippen molar-refractivity contribution in [2.24, 2.45) is 11.5 Å². The van der Waals surface area contributed by atoms with Gasteiger partial charge in [-0.3, -0.25) is 13.7 Å². The summed E-state index contributed by atoms with van der Waals surface area (Å²) in [6, 6.07) is 9.05. The Morgan fingerprint density at radius 2 is 1.40 bits per heavy atom. The molecule has 13 N–H and O–H groups in total. The molecule has 2 aromatic carbocycles. The molecule has 0 aliphatic heterocycles. The molecule has 224 valence electrons. The first-order valence-corrected chi connectivity index (χ1v) is 15.7. The maximum absolute atomic E-state index is 10.6. The molecule has 0 amide bonds. The van der Waals surface area contributed by atoms with Crippen molar-refractivity contribution in [1.29, 1.82) is 0 Å². The molecular formula is C22H33N5O10S3. The standard InChI is InChI=1S/C10H18N2O4S.C6H8N2O3S.C6H7NO3S/c1-7-5-9(12)10(6-8(7)11)16-3-2-4-17(13,14)15;7-4-1-2-5(8)6(3-4)12(9,10)11;7-5-1-3-6(4-2-5)11(8,9)10/h5,8H,2-4,6,11-12H2,1H3,(H,13,14,15);1-3H,7-8H2,(H,9,10,11);1-4H,7H2,(H,8,9,10). The van der Waals surface area contributed by atoms with E-state index < -0.39 is 30.4 Å². The zero-order chi connectivity index (χ0) is 30.9. The van der Waals surface area contributed by atoms with Crippen LogP contribution in [0.4, 0.5) is 17.1 Å². The van der Waals surface area contributed by atoms with Gasteiger partial charge in [-0.15, -0.1) is 0 Å². The first-order chi connectivity index (χ1) is 18.2. The van der Waals surface area contributed by atoms with Crippen LogP contribution in [-0.2, 0) is 35.1 Å². The summed E-state index contributed by atoms with van der Waals surface area (Å²) < 4.78 is 94.2. The lowest BCUT2D eigenvalue weighted by molar-refractivity contribution is 0.195. The van der Waals surface area contributed by atoms with Crippen LogP contribution in [0, 0.1) is 0 Å². The molecule has 15 nitrogen and oxygen atoms in total. The lowest BCUT2D eigenvalue weighted by Gasteiger charge is -2.22. The molecule has 0 bridgehead atoms. The molecule has 0 saturated carbocycles. The van der Waals surface area contributed by atoms with Crippen LogP contribution in [0.1, 0.15) is 19.8 Å². The molecule has 0 spiro atoms. The van der Waals surface area contributed by atoms with E-state index in [2.05, 4.69) is 0 Å². The highest BCUT2D eigenvalue weighted by molar-refractivity contribution is 7.86. The third-order valence-electron chi connectivity index (χ3n) is 5.01. The Labute approximate surface area is 232 Å². The topological polar surface area (TPSA) is 302 Å². The van der Waals surface area contributed by atoms with E-state index in [-0.39, 0.29) is 46.0 Å². The van der Waals surface area contributed by atoms with Crippen LogP contribution in [0.25, 0.3) is 0 Å². The summed E-state index contributed by atoms with van der Waals surface area (Å²) in [6.45, 7) is 2.09. The predicted molar refractivity (Wildman–Crippen MR) is 150 cm³/mol. The van der Waals surface area contributed by atoms with Crippen LogP contribution < -0.4 is 28.7 Å². The van der Waals surface area contributed by atoms with Crippen molar-refractivity contribution in [1.82, 2.24) is 0 Å². The van der Waals surface area contributed by atoms with Gasteiger partial charge < -0.3 is 33.4 Å². The van der Waals surface area contributed by atoms with Gasteiger partial charge in [-0.25, -0.2) is 0 Å². The maximum atomic E-state index is 10.6. The summed E-state index contributed by atoms with van der Waals surface area (Å²) in [5, 5.41) is 0. The Morgan fingerprint density at radius 3 is 1.88 bits per heavy atom. The van der Waals surface area contributed by atoms with E-state index in [1.54, 1.807) is 6.08 Å². The third kappa shape index (κ3) is 12.6. The third-order valence-corrected chi connectivity index (χ3v) is 7.59. The molecule has 1 aliphatic carbocycles. The Balaban J connectivity index is 0.000000309. The fraction of sp³-hybridized carbons (Fsp3) is 0.273. The molecule has 3 rings (SSSR count). The van der Waals surface area contributed by atoms with Crippen LogP contribution in [0.3, 0.4) is 0 Å². The Hall–Kier alpha value is -3.39. The Bertz CT molecular complexity index is 1550. The summed E-state index contributed by atoms with van der Waals surface area (Å²) in [5.74, 6) is 0.264. The SMILES string of the molecule is CC1=CC(N)=C(OCCCS(=O)(=O)O)CC1N.Nc1ccc(N)c(S(=O)(=O)O)c1.Nc1ccc(S(=O)(=O)O)cc1. The van der Waals surface area contributed by atoms with E-state index in [4.69, 9.17) is 47.1 Å². The molecular weight excluding hydrogens is 590 g/mol. The Morgan fingerprint density at radius 1 is 0.850 bits per heavy atom. The molecule has 0 radical (unpaired) electrons. The van der Waals surface area contributed by atoms with Gasteiger partial charge in [-0.1, -0.05) is 5.57 Å². The average molecular weight is 624 g/mol. The predicted octanol–water partition coefficient (Wildman–Crippen LogP) is 0.742. The van der Waals surface area contributed by atoms with Gasteiger partial charge in [-0.05, 0) is 61.9 Å². The molecule has 0 heterocycles. The number of hydrogen-bond donors (Lipinski definition) is 8. The first kappa shape index (κ1) is 34.6. The molecule has 40 heavy (non-hydrogen) atoms. The molecule has 1 unspecified atom stereocenters. The fourth-order valence-corrected chi connectivity index (χ4v) is 4.52. The number of anilines is 3. The zero-order valence-corrected chi connectivity index (χ0v) is 23.8. The minimum Gasteiger partial charge on any atom is -0.496 e. The summed E-state index contributed by atoms with van der Waals surface area (Å²) >= 11 is 0. The quantitative estimate of drug-likeness (QED) is 0.120. The number of ether oxygens (including phenoxy) is 1. The zero-order valence-electron chi connectivity index (χ0n) is 21.3. The van der Waals surface area contributed by atoms with Crippen LogP contribution in [-0.4, -0.2) is 57.3 Å². The van der Waals surface area contributed by atoms with Crippen LogP contribution >= 0.6 is 0 Å². The summed E-state index contributed by atoms with van der Waals surface area (Å²) in [5.41, 5.74) is 29.6. The van der Waals surface area contributed by atoms with Gasteiger partial charge in [0.2, 0.25) is 0 Å². The minimum atomic E-state index is -4.26. The highest BCUT2D eigenvalue weighted by atomic mass is 32.2. The van der Waals surface area contributed by atoms with Crippen molar-refractivity contribution in [3.63, 3.8) is 0 Å². The van der Waals surface area contributed by atoms with Gasteiger partial charge in [0.15, 0.2) is 0 Å². The summed E-state index contributed by atoms with van der Waals surface area (Å²) in [6.07, 6.45) is 2.49. The van der Waals surface area contributed by atoms with Gasteiger partial charge in [0.05, 0.1) is 28.6 Å². The van der Waals surface area contributed by atoms with Crippen molar-refractivity contribution in [2.45, 2.75) is 35.6 Å². The van der Waals surface area contributed by atoms with Crippen LogP contribution in [0.5, 0.6) is 0 Å². The smallest absolute Gasteiger partial charge is 0.296 e. The van der Waals surface area contributed by atoms with Gasteiger partial charge in [0, 0.05) is 23.8 Å². The number of rotatable bonds is 7. The lowest BCUT2D eigenvalue weighted by atomic mass is 9.98. The average Bonchev–Trinajstić information content (AvgIpc) is 2.81. The van der Waals surface area contributed by atoms with Gasteiger partial charge in [-0.2, -0.15) is 25.3 Å². The molecule has 18 heteroatoms. The van der Waals surface area contributed by atoms with Gasteiger partial charge in [0.25, 0.3) is 30.4 Å². The first-order valence-electron chi connectivity index (χ1n) is 11.2. The van der Waals surface area contributed by atoms with E-state index >= 15 is 0 Å². The van der Waals surface area contributed by atoms with E-state index in [1.165, 1.54) is 36.4 Å². The van der Waals surface area contributed by atoms with E-state index in [9.17, 15) is 25.3 Å². The van der Waals surface area contributed by atoms with Crippen molar-refractivity contribution < 1.29 is 43.6 Å². The molecule has 0 saturated heterocycles. The van der Waals surface area contributed by atoms with Gasteiger partial charge >= 0.3 is 0 Å². The molecule has 0 fully saturated rings. The summed E-state index contributed by atoms with van der Waals surface area (Å²) in [4.78, 5) is -0.505. The van der Waals surface area contributed by atoms with Gasteiger partial charge in [0.1, 0.15) is 10.7 Å². The van der Waals surface area contributed by atoms with Crippen LogP contribution in [0.2, 0.25) is 0 Å².